The maximum absolute atomic E-state index is 12.5. The van der Waals surface area contributed by atoms with Crippen molar-refractivity contribution in [3.63, 3.8) is 0 Å². The summed E-state index contributed by atoms with van der Waals surface area (Å²) in [6.07, 6.45) is 0. The van der Waals surface area contributed by atoms with E-state index in [1.165, 1.54) is 13.1 Å². The average molecular weight is 415 g/mol. The van der Waals surface area contributed by atoms with E-state index in [0.29, 0.717) is 9.99 Å². The molecule has 23 heavy (non-hydrogen) atoms. The van der Waals surface area contributed by atoms with Gasteiger partial charge in [0.05, 0.1) is 0 Å². The second-order valence-corrected chi connectivity index (χ2v) is 8.75. The molecule has 9 heteroatoms. The molecule has 0 spiro atoms. The molecule has 0 fully saturated rings. The Labute approximate surface area is 145 Å². The molecule has 6 nitrogen and oxygen atoms in total. The quantitative estimate of drug-likeness (QED) is 0.790. The predicted octanol–water partition coefficient (Wildman–Crippen LogP) is 3.01. The maximum atomic E-state index is 12.5. The normalized spacial score (nSPS) is 16.2. The molecule has 1 amide bonds. The molecule has 2 heterocycles. The highest BCUT2D eigenvalue weighted by Crippen LogP contribution is 2.38. The fraction of sp³-hybridized carbons (Fsp3) is 0.0714. The van der Waals surface area contributed by atoms with Crippen LogP contribution in [-0.4, -0.2) is 30.8 Å². The van der Waals surface area contributed by atoms with Crippen molar-refractivity contribution in [1.29, 1.82) is 0 Å². The Hall–Kier alpha value is -1.84. The first kappa shape index (κ1) is 16.0. The van der Waals surface area contributed by atoms with Gasteiger partial charge in [0.1, 0.15) is 9.78 Å². The number of hydrogen-bond acceptors (Lipinski definition) is 5. The van der Waals surface area contributed by atoms with E-state index in [4.69, 9.17) is 0 Å². The molecule has 0 saturated heterocycles. The van der Waals surface area contributed by atoms with Crippen molar-refractivity contribution < 1.29 is 18.3 Å². The fourth-order valence-corrected chi connectivity index (χ4v) is 5.04. The number of aliphatic hydroxyl groups excluding tert-OH is 1. The Morgan fingerprint density at radius 3 is 2.57 bits per heavy atom. The zero-order valence-electron chi connectivity index (χ0n) is 11.8. The third-order valence-electron chi connectivity index (χ3n) is 3.34. The van der Waals surface area contributed by atoms with Crippen molar-refractivity contribution in [1.82, 2.24) is 4.31 Å². The molecule has 1 aliphatic heterocycles. The highest BCUT2D eigenvalue weighted by Gasteiger charge is 2.38. The van der Waals surface area contributed by atoms with E-state index >= 15 is 0 Å². The topological polar surface area (TPSA) is 86.7 Å². The Morgan fingerprint density at radius 2 is 1.91 bits per heavy atom. The molecule has 1 aromatic carbocycles. The number of benzene rings is 1. The number of anilines is 1. The van der Waals surface area contributed by atoms with E-state index in [9.17, 15) is 18.3 Å². The third kappa shape index (κ3) is 2.64. The van der Waals surface area contributed by atoms with Crippen LogP contribution in [0.25, 0.3) is 5.57 Å². The van der Waals surface area contributed by atoms with Crippen molar-refractivity contribution in [2.24, 2.45) is 0 Å². The Kier molecular flexibility index (Phi) is 3.95. The Bertz CT molecular complexity index is 917. The largest absolute Gasteiger partial charge is 0.493 e. The van der Waals surface area contributed by atoms with E-state index in [0.717, 1.165) is 15.8 Å². The number of rotatable bonds is 2. The van der Waals surface area contributed by atoms with Gasteiger partial charge in [0.15, 0.2) is 0 Å². The maximum Gasteiger partial charge on any atom is 0.276 e. The van der Waals surface area contributed by atoms with Gasteiger partial charge in [0.2, 0.25) is 5.88 Å². The zero-order chi connectivity index (χ0) is 16.8. The van der Waals surface area contributed by atoms with Gasteiger partial charge >= 0.3 is 0 Å². The van der Waals surface area contributed by atoms with Crippen LogP contribution in [0.3, 0.4) is 0 Å². The van der Waals surface area contributed by atoms with Crippen LogP contribution in [0.4, 0.5) is 5.69 Å². The molecular formula is C14H11BrN2O4S2. The minimum atomic E-state index is -3.81. The summed E-state index contributed by atoms with van der Waals surface area (Å²) in [5.41, 5.74) is 0.674. The van der Waals surface area contributed by atoms with E-state index in [1.54, 1.807) is 29.6 Å². The SMILES string of the molecule is CN1C(O)=C(C(=O)Nc2ccc(Br)cc2)c2ccsc2S1(=O)=O. The average Bonchev–Trinajstić information content (AvgIpc) is 2.98. The number of amides is 1. The lowest BCUT2D eigenvalue weighted by Crippen LogP contribution is -2.33. The Morgan fingerprint density at radius 1 is 1.26 bits per heavy atom. The molecule has 1 aromatic heterocycles. The fourth-order valence-electron chi connectivity index (χ4n) is 2.15. The number of sulfonamides is 1. The number of carbonyl (C=O) groups is 1. The predicted molar refractivity (Wildman–Crippen MR) is 91.6 cm³/mol. The summed E-state index contributed by atoms with van der Waals surface area (Å²) in [6, 6.07) is 8.42. The van der Waals surface area contributed by atoms with Gasteiger partial charge in [-0.2, -0.15) is 0 Å². The van der Waals surface area contributed by atoms with Gasteiger partial charge in [-0.25, -0.2) is 12.7 Å². The summed E-state index contributed by atoms with van der Waals surface area (Å²) < 4.78 is 26.1. The van der Waals surface area contributed by atoms with E-state index in [2.05, 4.69) is 21.2 Å². The van der Waals surface area contributed by atoms with Gasteiger partial charge in [-0.3, -0.25) is 4.79 Å². The van der Waals surface area contributed by atoms with E-state index < -0.39 is 21.8 Å². The van der Waals surface area contributed by atoms with Crippen molar-refractivity contribution in [3.05, 3.63) is 51.6 Å². The minimum Gasteiger partial charge on any atom is -0.493 e. The molecule has 0 saturated carbocycles. The van der Waals surface area contributed by atoms with Gasteiger partial charge in [-0.1, -0.05) is 15.9 Å². The highest BCUT2D eigenvalue weighted by molar-refractivity contribution is 9.10. The van der Waals surface area contributed by atoms with E-state index in [-0.39, 0.29) is 15.3 Å². The van der Waals surface area contributed by atoms with Gasteiger partial charge in [-0.05, 0) is 35.7 Å². The number of carbonyl (C=O) groups excluding carboxylic acids is 1. The number of nitrogens with zero attached hydrogens (tertiary/aromatic N) is 1. The molecule has 2 aromatic rings. The van der Waals surface area contributed by atoms with Gasteiger partial charge in [0, 0.05) is 22.8 Å². The molecule has 120 valence electrons. The summed E-state index contributed by atoms with van der Waals surface area (Å²) in [6.45, 7) is 0. The van der Waals surface area contributed by atoms with Crippen LogP contribution < -0.4 is 5.32 Å². The second kappa shape index (κ2) is 5.66. The number of nitrogens with one attached hydrogen (secondary N) is 1. The van der Waals surface area contributed by atoms with Crippen molar-refractivity contribution in [3.8, 4) is 0 Å². The van der Waals surface area contributed by atoms with Crippen molar-refractivity contribution in [2.45, 2.75) is 4.21 Å². The van der Waals surface area contributed by atoms with E-state index in [1.807, 2.05) is 0 Å². The van der Waals surface area contributed by atoms with Crippen molar-refractivity contribution in [2.75, 3.05) is 12.4 Å². The van der Waals surface area contributed by atoms with Crippen LogP contribution in [0.2, 0.25) is 0 Å². The third-order valence-corrected chi connectivity index (χ3v) is 7.08. The highest BCUT2D eigenvalue weighted by atomic mass is 79.9. The summed E-state index contributed by atoms with van der Waals surface area (Å²) >= 11 is 4.31. The number of hydrogen-bond donors (Lipinski definition) is 2. The molecular weight excluding hydrogens is 404 g/mol. The molecule has 0 atom stereocenters. The summed E-state index contributed by atoms with van der Waals surface area (Å²) in [5, 5.41) is 14.4. The van der Waals surface area contributed by atoms with Crippen molar-refractivity contribution >= 4 is 54.5 Å². The lowest BCUT2D eigenvalue weighted by Gasteiger charge is -2.25. The van der Waals surface area contributed by atoms with Crippen LogP contribution in [-0.2, 0) is 14.8 Å². The molecule has 1 aliphatic rings. The monoisotopic (exact) mass is 414 g/mol. The van der Waals surface area contributed by atoms with Crippen LogP contribution in [0, 0.1) is 0 Å². The van der Waals surface area contributed by atoms with Crippen LogP contribution in [0.15, 0.2) is 50.3 Å². The lowest BCUT2D eigenvalue weighted by atomic mass is 10.1. The summed E-state index contributed by atoms with van der Waals surface area (Å²) in [5.74, 6) is -1.17. The van der Waals surface area contributed by atoms with Gasteiger partial charge < -0.3 is 10.4 Å². The molecule has 0 aliphatic carbocycles. The molecule has 0 radical (unpaired) electrons. The zero-order valence-corrected chi connectivity index (χ0v) is 15.0. The Balaban J connectivity index is 2.03. The first-order valence-corrected chi connectivity index (χ1v) is 9.50. The smallest absolute Gasteiger partial charge is 0.276 e. The second-order valence-electron chi connectivity index (χ2n) is 4.75. The first-order valence-electron chi connectivity index (χ1n) is 6.39. The molecule has 0 unspecified atom stereocenters. The molecule has 0 bridgehead atoms. The van der Waals surface area contributed by atoms with Crippen LogP contribution in [0.5, 0.6) is 0 Å². The standard InChI is InChI=1S/C14H11BrN2O4S2/c1-17-13(19)11(10-6-7-22-14(10)23(17,20)21)12(18)16-9-4-2-8(15)3-5-9/h2-7,19H,1H3,(H,16,18). The minimum absolute atomic E-state index is 0.0405. The van der Waals surface area contributed by atoms with Crippen LogP contribution >= 0.6 is 27.3 Å². The molecule has 3 rings (SSSR count). The van der Waals surface area contributed by atoms with Gasteiger partial charge in [0.25, 0.3) is 15.9 Å². The number of halogens is 1. The number of aliphatic hydroxyl groups is 1. The van der Waals surface area contributed by atoms with Gasteiger partial charge in [-0.15, -0.1) is 11.3 Å². The first-order chi connectivity index (χ1) is 10.8. The lowest BCUT2D eigenvalue weighted by molar-refractivity contribution is -0.111. The van der Waals surface area contributed by atoms with Crippen LogP contribution in [0.1, 0.15) is 5.56 Å². The summed E-state index contributed by atoms with van der Waals surface area (Å²) in [4.78, 5) is 12.5. The number of thiophene rings is 1. The molecule has 2 N–H and O–H groups in total. The summed E-state index contributed by atoms with van der Waals surface area (Å²) in [7, 11) is -2.61. The number of fused-ring (bicyclic) bond motifs is 1.